The van der Waals surface area contributed by atoms with E-state index in [1.54, 1.807) is 36.9 Å². The molecule has 3 aliphatic heterocycles. The van der Waals surface area contributed by atoms with Gasteiger partial charge in [0, 0.05) is 44.0 Å². The van der Waals surface area contributed by atoms with Gasteiger partial charge in [-0.15, -0.1) is 0 Å². The van der Waals surface area contributed by atoms with Crippen molar-refractivity contribution >= 4 is 34.8 Å². The summed E-state index contributed by atoms with van der Waals surface area (Å²) in [5.41, 5.74) is 1.42. The molecule has 174 valence electrons. The molecule has 3 aliphatic rings. The SMILES string of the molecule is CC1(C)C(=O)NCCN1C(=O)c1ccc2c(n1)C1(CCOCC1)CN2c1ccc(Cl)c(F)c1. The van der Waals surface area contributed by atoms with E-state index in [4.69, 9.17) is 21.3 Å². The summed E-state index contributed by atoms with van der Waals surface area (Å²) < 4.78 is 19.9. The number of piperazine rings is 1. The minimum Gasteiger partial charge on any atom is -0.381 e. The van der Waals surface area contributed by atoms with Crippen LogP contribution >= 0.6 is 11.6 Å². The van der Waals surface area contributed by atoms with Crippen molar-refractivity contribution < 1.29 is 18.7 Å². The van der Waals surface area contributed by atoms with Gasteiger partial charge in [0.1, 0.15) is 17.1 Å². The van der Waals surface area contributed by atoms with Crippen molar-refractivity contribution in [2.75, 3.05) is 37.7 Å². The van der Waals surface area contributed by atoms with Crippen LogP contribution < -0.4 is 10.2 Å². The fourth-order valence-corrected chi connectivity index (χ4v) is 5.19. The monoisotopic (exact) mass is 472 g/mol. The average molecular weight is 473 g/mol. The molecular formula is C24H26ClFN4O3. The summed E-state index contributed by atoms with van der Waals surface area (Å²) >= 11 is 5.90. The Kier molecular flexibility index (Phi) is 5.33. The molecule has 0 radical (unpaired) electrons. The number of benzene rings is 1. The first kappa shape index (κ1) is 22.1. The van der Waals surface area contributed by atoms with Crippen LogP contribution in [0.25, 0.3) is 0 Å². The second-order valence-electron chi connectivity index (χ2n) is 9.41. The van der Waals surface area contributed by atoms with Gasteiger partial charge in [-0.2, -0.15) is 0 Å². The number of nitrogens with one attached hydrogen (secondary N) is 1. The van der Waals surface area contributed by atoms with E-state index in [9.17, 15) is 14.0 Å². The Bertz CT molecular complexity index is 1130. The predicted molar refractivity (Wildman–Crippen MR) is 123 cm³/mol. The van der Waals surface area contributed by atoms with Crippen molar-refractivity contribution in [2.24, 2.45) is 0 Å². The van der Waals surface area contributed by atoms with E-state index in [1.807, 2.05) is 11.0 Å². The van der Waals surface area contributed by atoms with Gasteiger partial charge in [0.25, 0.3) is 5.91 Å². The van der Waals surface area contributed by atoms with Gasteiger partial charge < -0.3 is 19.9 Å². The van der Waals surface area contributed by atoms with Crippen molar-refractivity contribution in [1.82, 2.24) is 15.2 Å². The van der Waals surface area contributed by atoms with Gasteiger partial charge in [0.05, 0.1) is 16.4 Å². The lowest BCUT2D eigenvalue weighted by atomic mass is 9.78. The minimum absolute atomic E-state index is 0.0752. The zero-order valence-corrected chi connectivity index (χ0v) is 19.4. The molecule has 33 heavy (non-hydrogen) atoms. The molecule has 2 fully saturated rings. The van der Waals surface area contributed by atoms with Crippen molar-refractivity contribution in [3.8, 4) is 0 Å². The molecule has 0 aliphatic carbocycles. The van der Waals surface area contributed by atoms with Crippen molar-refractivity contribution in [1.29, 1.82) is 0 Å². The molecule has 2 amide bonds. The number of amides is 2. The Morgan fingerprint density at radius 2 is 1.97 bits per heavy atom. The van der Waals surface area contributed by atoms with Crippen LogP contribution in [0.5, 0.6) is 0 Å². The van der Waals surface area contributed by atoms with Gasteiger partial charge in [0.2, 0.25) is 5.91 Å². The van der Waals surface area contributed by atoms with Crippen molar-refractivity contribution in [2.45, 2.75) is 37.6 Å². The highest BCUT2D eigenvalue weighted by Crippen LogP contribution is 2.48. The van der Waals surface area contributed by atoms with Gasteiger partial charge in [-0.1, -0.05) is 11.6 Å². The smallest absolute Gasteiger partial charge is 0.273 e. The van der Waals surface area contributed by atoms with Gasteiger partial charge in [-0.3, -0.25) is 9.59 Å². The van der Waals surface area contributed by atoms with Crippen LogP contribution in [0.4, 0.5) is 15.8 Å². The van der Waals surface area contributed by atoms with E-state index in [2.05, 4.69) is 5.32 Å². The molecule has 0 bridgehead atoms. The van der Waals surface area contributed by atoms with Gasteiger partial charge in [0.15, 0.2) is 0 Å². The molecule has 4 heterocycles. The first-order valence-electron chi connectivity index (χ1n) is 11.2. The Morgan fingerprint density at radius 1 is 1.21 bits per heavy atom. The molecule has 1 aromatic heterocycles. The highest BCUT2D eigenvalue weighted by atomic mass is 35.5. The molecule has 0 saturated carbocycles. The number of hydrogen-bond donors (Lipinski definition) is 1. The van der Waals surface area contributed by atoms with Gasteiger partial charge in [-0.25, -0.2) is 9.37 Å². The summed E-state index contributed by atoms with van der Waals surface area (Å²) in [6.07, 6.45) is 1.52. The number of pyridine rings is 1. The quantitative estimate of drug-likeness (QED) is 0.725. The fourth-order valence-electron chi connectivity index (χ4n) is 5.08. The maximum absolute atomic E-state index is 14.2. The van der Waals surface area contributed by atoms with Crippen LogP contribution in [-0.4, -0.2) is 60.1 Å². The number of carbonyl (C=O) groups excluding carboxylic acids is 2. The lowest BCUT2D eigenvalue weighted by molar-refractivity contribution is -0.133. The number of ether oxygens (including phenoxy) is 1. The fraction of sp³-hybridized carbons (Fsp3) is 0.458. The normalized spacial score (nSPS) is 21.2. The summed E-state index contributed by atoms with van der Waals surface area (Å²) in [5.74, 6) is -0.926. The molecule has 2 aromatic rings. The third-order valence-corrected chi connectivity index (χ3v) is 7.41. The molecule has 0 atom stereocenters. The molecule has 5 rings (SSSR count). The number of rotatable bonds is 2. The number of hydrogen-bond acceptors (Lipinski definition) is 5. The molecule has 0 unspecified atom stereocenters. The lowest BCUT2D eigenvalue weighted by Gasteiger charge is -2.41. The van der Waals surface area contributed by atoms with E-state index in [0.717, 1.165) is 24.2 Å². The van der Waals surface area contributed by atoms with E-state index < -0.39 is 11.4 Å². The van der Waals surface area contributed by atoms with E-state index >= 15 is 0 Å². The van der Waals surface area contributed by atoms with Crippen LogP contribution in [0.1, 0.15) is 42.9 Å². The van der Waals surface area contributed by atoms with Crippen LogP contribution in [-0.2, 0) is 14.9 Å². The maximum atomic E-state index is 14.2. The third-order valence-electron chi connectivity index (χ3n) is 7.11. The highest BCUT2D eigenvalue weighted by Gasteiger charge is 2.47. The molecule has 1 aromatic carbocycles. The number of nitrogens with zero attached hydrogens (tertiary/aromatic N) is 3. The molecule has 7 nitrogen and oxygen atoms in total. The van der Waals surface area contributed by atoms with E-state index in [1.165, 1.54) is 6.07 Å². The molecular weight excluding hydrogens is 447 g/mol. The Balaban J connectivity index is 1.56. The Labute approximate surface area is 196 Å². The van der Waals surface area contributed by atoms with Crippen LogP contribution in [0, 0.1) is 5.82 Å². The maximum Gasteiger partial charge on any atom is 0.273 e. The highest BCUT2D eigenvalue weighted by molar-refractivity contribution is 6.30. The number of carbonyl (C=O) groups is 2. The number of anilines is 2. The second kappa shape index (κ2) is 7.95. The summed E-state index contributed by atoms with van der Waals surface area (Å²) in [6.45, 7) is 6.13. The van der Waals surface area contributed by atoms with Gasteiger partial charge in [-0.05, 0) is 57.0 Å². The molecule has 1 N–H and O–H groups in total. The van der Waals surface area contributed by atoms with Gasteiger partial charge >= 0.3 is 0 Å². The first-order valence-corrected chi connectivity index (χ1v) is 11.5. The first-order chi connectivity index (χ1) is 15.7. The molecule has 2 saturated heterocycles. The van der Waals surface area contributed by atoms with Crippen LogP contribution in [0.3, 0.4) is 0 Å². The Hall–Kier alpha value is -2.71. The number of halogens is 2. The minimum atomic E-state index is -0.959. The standard InChI is InChI=1S/C24H26ClFN4O3/c1-23(2)22(32)27-9-10-30(23)21(31)18-5-6-19-20(28-18)24(7-11-33-12-8-24)14-29(19)15-3-4-16(25)17(26)13-15/h3-6,13H,7-12,14H2,1-2H3,(H,27,32). The zero-order valence-electron chi connectivity index (χ0n) is 18.7. The van der Waals surface area contributed by atoms with Crippen molar-refractivity contribution in [3.63, 3.8) is 0 Å². The summed E-state index contributed by atoms with van der Waals surface area (Å²) in [7, 11) is 0. The summed E-state index contributed by atoms with van der Waals surface area (Å²) in [4.78, 5) is 34.3. The predicted octanol–water partition coefficient (Wildman–Crippen LogP) is 3.42. The second-order valence-corrected chi connectivity index (χ2v) is 9.82. The lowest BCUT2D eigenvalue weighted by Crippen LogP contribution is -2.63. The Morgan fingerprint density at radius 3 is 2.70 bits per heavy atom. The van der Waals surface area contributed by atoms with E-state index in [-0.39, 0.29) is 22.3 Å². The van der Waals surface area contributed by atoms with E-state index in [0.29, 0.717) is 44.2 Å². The third kappa shape index (κ3) is 3.56. The zero-order chi connectivity index (χ0) is 23.4. The number of fused-ring (bicyclic) bond motifs is 2. The van der Waals surface area contributed by atoms with Crippen molar-refractivity contribution in [3.05, 3.63) is 52.6 Å². The molecule has 1 spiro atoms. The van der Waals surface area contributed by atoms with Crippen LogP contribution in [0.15, 0.2) is 30.3 Å². The average Bonchev–Trinajstić information content (AvgIpc) is 3.10. The largest absolute Gasteiger partial charge is 0.381 e. The molecule has 9 heteroatoms. The topological polar surface area (TPSA) is 74.8 Å². The summed E-state index contributed by atoms with van der Waals surface area (Å²) in [6, 6.07) is 8.35. The summed E-state index contributed by atoms with van der Waals surface area (Å²) in [5, 5.41) is 2.89. The van der Waals surface area contributed by atoms with Crippen LogP contribution in [0.2, 0.25) is 5.02 Å². The number of aromatic nitrogens is 1.